The Hall–Kier alpha value is -3.88. The maximum atomic E-state index is 13.7. The van der Waals surface area contributed by atoms with Crippen LogP contribution >= 0.6 is 0 Å². The quantitative estimate of drug-likeness (QED) is 0.335. The third-order valence-corrected chi connectivity index (χ3v) is 8.16. The zero-order valence-electron chi connectivity index (χ0n) is 25.4. The Bertz CT molecular complexity index is 1520. The Kier molecular flexibility index (Phi) is 8.57. The molecule has 1 aromatic heterocycles. The van der Waals surface area contributed by atoms with Crippen LogP contribution in [0.25, 0.3) is 5.69 Å². The molecule has 0 saturated heterocycles. The highest BCUT2D eigenvalue weighted by Gasteiger charge is 2.26. The van der Waals surface area contributed by atoms with Crippen LogP contribution in [0, 0.1) is 12.8 Å². The van der Waals surface area contributed by atoms with Crippen LogP contribution in [0.1, 0.15) is 105 Å². The van der Waals surface area contributed by atoms with Crippen LogP contribution in [0.5, 0.6) is 5.75 Å². The molecule has 5 rings (SSSR count). The summed E-state index contributed by atoms with van der Waals surface area (Å²) in [6.07, 6.45) is 8.46. The van der Waals surface area contributed by atoms with Crippen LogP contribution in [0.2, 0.25) is 0 Å². The van der Waals surface area contributed by atoms with Crippen molar-refractivity contribution in [3.63, 3.8) is 0 Å². The van der Waals surface area contributed by atoms with E-state index in [1.54, 1.807) is 41.0 Å². The van der Waals surface area contributed by atoms with Crippen molar-refractivity contribution in [2.45, 2.75) is 104 Å². The fraction of sp³-hybridized carbons (Fsp3) is 0.515. The number of benzene rings is 2. The van der Waals surface area contributed by atoms with E-state index in [9.17, 15) is 14.4 Å². The molecule has 224 valence electrons. The SMILES string of the molecule is Cc1cc(C(=O)OC(C)(C)C)ccc1NC(=O)c1ccc(-n2nc3n(c2=O)CCCC3)cc1O[C@@H](C)C1CCCCC1. The molecule has 0 bridgehead atoms. The minimum Gasteiger partial charge on any atom is -0.490 e. The summed E-state index contributed by atoms with van der Waals surface area (Å²) >= 11 is 0. The van der Waals surface area contributed by atoms with Crippen molar-refractivity contribution in [3.05, 3.63) is 69.4 Å². The summed E-state index contributed by atoms with van der Waals surface area (Å²) in [4.78, 5) is 39.3. The summed E-state index contributed by atoms with van der Waals surface area (Å²) in [5.41, 5.74) is 1.90. The van der Waals surface area contributed by atoms with Crippen LogP contribution < -0.4 is 15.7 Å². The Labute approximate surface area is 247 Å². The first-order valence-electron chi connectivity index (χ1n) is 15.2. The van der Waals surface area contributed by atoms with Crippen LogP contribution in [-0.4, -0.2) is 37.9 Å². The summed E-state index contributed by atoms with van der Waals surface area (Å²) in [7, 11) is 0. The lowest BCUT2D eigenvalue weighted by Crippen LogP contribution is -2.28. The van der Waals surface area contributed by atoms with Crippen LogP contribution in [-0.2, 0) is 17.7 Å². The van der Waals surface area contributed by atoms with Gasteiger partial charge < -0.3 is 14.8 Å². The second-order valence-corrected chi connectivity index (χ2v) is 12.6. The van der Waals surface area contributed by atoms with Gasteiger partial charge in [0.05, 0.1) is 22.9 Å². The van der Waals surface area contributed by atoms with Crippen LogP contribution in [0.4, 0.5) is 5.69 Å². The van der Waals surface area contributed by atoms with Gasteiger partial charge in [-0.05, 0) is 102 Å². The number of nitrogens with zero attached hydrogens (tertiary/aromatic N) is 3. The molecule has 1 aliphatic carbocycles. The van der Waals surface area contributed by atoms with Gasteiger partial charge in [-0.1, -0.05) is 19.3 Å². The molecule has 0 spiro atoms. The lowest BCUT2D eigenvalue weighted by Gasteiger charge is -2.29. The normalized spacial score (nSPS) is 16.4. The Morgan fingerprint density at radius 2 is 1.79 bits per heavy atom. The first-order valence-corrected chi connectivity index (χ1v) is 15.2. The molecule has 1 aliphatic heterocycles. The van der Waals surface area contributed by atoms with E-state index in [0.29, 0.717) is 40.7 Å². The maximum Gasteiger partial charge on any atom is 0.350 e. The van der Waals surface area contributed by atoms with Gasteiger partial charge >= 0.3 is 11.7 Å². The molecule has 1 atom stereocenters. The molecular formula is C33H42N4O5. The van der Waals surface area contributed by atoms with E-state index in [-0.39, 0.29) is 17.7 Å². The molecule has 2 aromatic carbocycles. The number of aromatic nitrogens is 3. The number of aryl methyl sites for hydroxylation is 2. The van der Waals surface area contributed by atoms with Crippen molar-refractivity contribution in [3.8, 4) is 11.4 Å². The molecule has 9 nitrogen and oxygen atoms in total. The summed E-state index contributed by atoms with van der Waals surface area (Å²) in [5.74, 6) is 0.864. The molecule has 42 heavy (non-hydrogen) atoms. The lowest BCUT2D eigenvalue weighted by atomic mass is 9.86. The van der Waals surface area contributed by atoms with Crippen molar-refractivity contribution < 1.29 is 19.1 Å². The zero-order valence-corrected chi connectivity index (χ0v) is 25.4. The van der Waals surface area contributed by atoms with Crippen molar-refractivity contribution in [1.29, 1.82) is 0 Å². The number of esters is 1. The minimum atomic E-state index is -0.601. The Morgan fingerprint density at radius 3 is 2.48 bits per heavy atom. The molecule has 2 aliphatic rings. The van der Waals surface area contributed by atoms with Gasteiger partial charge in [-0.25, -0.2) is 9.59 Å². The van der Waals surface area contributed by atoms with Gasteiger partial charge in [0.2, 0.25) is 0 Å². The summed E-state index contributed by atoms with van der Waals surface area (Å²) in [6, 6.07) is 10.3. The molecule has 1 fully saturated rings. The second kappa shape index (κ2) is 12.2. The average Bonchev–Trinajstić information content (AvgIpc) is 3.30. The monoisotopic (exact) mass is 574 g/mol. The number of fused-ring (bicyclic) bond motifs is 1. The Morgan fingerprint density at radius 1 is 1.02 bits per heavy atom. The first kappa shape index (κ1) is 29.6. The topological polar surface area (TPSA) is 104 Å². The third-order valence-electron chi connectivity index (χ3n) is 8.16. The molecule has 3 aromatic rings. The highest BCUT2D eigenvalue weighted by molar-refractivity contribution is 6.07. The Balaban J connectivity index is 1.43. The number of rotatable bonds is 7. The van der Waals surface area contributed by atoms with Gasteiger partial charge in [0, 0.05) is 24.7 Å². The number of ether oxygens (including phenoxy) is 2. The van der Waals surface area contributed by atoms with E-state index in [2.05, 4.69) is 17.3 Å². The van der Waals surface area contributed by atoms with Crippen molar-refractivity contribution >= 4 is 17.6 Å². The van der Waals surface area contributed by atoms with Gasteiger partial charge in [0.15, 0.2) is 0 Å². The number of anilines is 1. The smallest absolute Gasteiger partial charge is 0.350 e. The fourth-order valence-electron chi connectivity index (χ4n) is 5.85. The molecule has 2 heterocycles. The van der Waals surface area contributed by atoms with Gasteiger partial charge in [0.1, 0.15) is 17.2 Å². The van der Waals surface area contributed by atoms with Gasteiger partial charge in [-0.2, -0.15) is 4.68 Å². The summed E-state index contributed by atoms with van der Waals surface area (Å²) in [5, 5.41) is 7.59. The molecule has 9 heteroatoms. The maximum absolute atomic E-state index is 13.7. The van der Waals surface area contributed by atoms with Gasteiger partial charge in [-0.3, -0.25) is 9.36 Å². The van der Waals surface area contributed by atoms with Crippen LogP contribution in [0.15, 0.2) is 41.2 Å². The van der Waals surface area contributed by atoms with Crippen LogP contribution in [0.3, 0.4) is 0 Å². The number of carbonyl (C=O) groups is 2. The highest BCUT2D eigenvalue weighted by Crippen LogP contribution is 2.32. The van der Waals surface area contributed by atoms with Crippen molar-refractivity contribution in [2.75, 3.05) is 5.32 Å². The van der Waals surface area contributed by atoms with Crippen molar-refractivity contribution in [2.24, 2.45) is 5.92 Å². The number of hydrogen-bond donors (Lipinski definition) is 1. The van der Waals surface area contributed by atoms with E-state index >= 15 is 0 Å². The molecule has 1 N–H and O–H groups in total. The molecule has 0 radical (unpaired) electrons. The second-order valence-electron chi connectivity index (χ2n) is 12.6. The average molecular weight is 575 g/mol. The zero-order chi connectivity index (χ0) is 30.0. The molecule has 0 unspecified atom stereocenters. The fourth-order valence-corrected chi connectivity index (χ4v) is 5.85. The molecular weight excluding hydrogens is 532 g/mol. The largest absolute Gasteiger partial charge is 0.490 e. The van der Waals surface area contributed by atoms with E-state index in [0.717, 1.165) is 43.5 Å². The predicted octanol–water partition coefficient (Wildman–Crippen LogP) is 6.23. The third kappa shape index (κ3) is 6.61. The number of hydrogen-bond acceptors (Lipinski definition) is 6. The molecule has 1 saturated carbocycles. The number of amides is 1. The summed E-state index contributed by atoms with van der Waals surface area (Å²) < 4.78 is 15.1. The first-order chi connectivity index (χ1) is 20.0. The van der Waals surface area contributed by atoms with Gasteiger partial charge in [0.25, 0.3) is 5.91 Å². The number of carbonyl (C=O) groups excluding carboxylic acids is 2. The van der Waals surface area contributed by atoms with E-state index in [1.807, 2.05) is 27.7 Å². The molecule has 1 amide bonds. The summed E-state index contributed by atoms with van der Waals surface area (Å²) in [6.45, 7) is 10.0. The van der Waals surface area contributed by atoms with Crippen molar-refractivity contribution in [1.82, 2.24) is 14.3 Å². The van der Waals surface area contributed by atoms with Gasteiger partial charge in [-0.15, -0.1) is 5.10 Å². The lowest BCUT2D eigenvalue weighted by molar-refractivity contribution is 0.00693. The van der Waals surface area contributed by atoms with E-state index in [1.165, 1.54) is 23.9 Å². The minimum absolute atomic E-state index is 0.0890. The standard InChI is InChI=1S/C33H42N4O5/c1-21-19-24(31(39)42-33(3,4)5)14-17-27(21)34-30(38)26-16-15-25(37-32(40)36-18-10-9-13-29(36)35-37)20-28(26)41-22(2)23-11-7-6-8-12-23/h14-17,19-20,22-23H,6-13,18H2,1-5H3,(H,34,38)/t22-/m0/s1. The van der Waals surface area contributed by atoms with E-state index in [4.69, 9.17) is 9.47 Å². The van der Waals surface area contributed by atoms with E-state index < -0.39 is 11.6 Å². The predicted molar refractivity (Wildman–Crippen MR) is 162 cm³/mol. The number of nitrogens with one attached hydrogen (secondary N) is 1. The highest BCUT2D eigenvalue weighted by atomic mass is 16.6.